The van der Waals surface area contributed by atoms with Crippen LogP contribution in [0.15, 0.2) is 18.3 Å². The maximum Gasteiger partial charge on any atom is 0.0562 e. The summed E-state index contributed by atoms with van der Waals surface area (Å²) in [6.45, 7) is 3.30. The Morgan fingerprint density at radius 3 is 2.60 bits per heavy atom. The smallest absolute Gasteiger partial charge is 0.0562 e. The largest absolute Gasteiger partial charge is 0.371 e. The number of hydrogen-bond acceptors (Lipinski definition) is 3. The quantitative estimate of drug-likeness (QED) is 0.915. The van der Waals surface area contributed by atoms with E-state index in [0.29, 0.717) is 5.41 Å². The van der Waals surface area contributed by atoms with Gasteiger partial charge in [0.15, 0.2) is 0 Å². The molecule has 1 saturated heterocycles. The highest BCUT2D eigenvalue weighted by Gasteiger charge is 2.35. The van der Waals surface area contributed by atoms with Gasteiger partial charge in [-0.25, -0.2) is 0 Å². The standard InChI is InChI=1S/C17H27N3/c1-18-14-15-13-16(5-10-19-15)20-11-8-17(9-12-20)6-3-2-4-7-17/h5,10,13,18H,2-4,6-9,11-12,14H2,1H3. The van der Waals surface area contributed by atoms with E-state index in [1.165, 1.54) is 63.7 Å². The van der Waals surface area contributed by atoms with Crippen LogP contribution < -0.4 is 10.2 Å². The van der Waals surface area contributed by atoms with E-state index >= 15 is 0 Å². The van der Waals surface area contributed by atoms with Gasteiger partial charge in [-0.1, -0.05) is 19.3 Å². The average molecular weight is 273 g/mol. The molecule has 0 bridgehead atoms. The molecular formula is C17H27N3. The van der Waals surface area contributed by atoms with Gasteiger partial charge in [0, 0.05) is 31.5 Å². The van der Waals surface area contributed by atoms with Crippen LogP contribution in [0.2, 0.25) is 0 Å². The molecule has 3 rings (SSSR count). The van der Waals surface area contributed by atoms with Crippen molar-refractivity contribution < 1.29 is 0 Å². The number of piperidine rings is 1. The topological polar surface area (TPSA) is 28.2 Å². The first kappa shape index (κ1) is 13.9. The normalized spacial score (nSPS) is 22.1. The monoisotopic (exact) mass is 273 g/mol. The molecule has 20 heavy (non-hydrogen) atoms. The first-order chi connectivity index (χ1) is 9.81. The second kappa shape index (κ2) is 6.13. The average Bonchev–Trinajstić information content (AvgIpc) is 2.50. The molecule has 3 nitrogen and oxygen atoms in total. The van der Waals surface area contributed by atoms with Crippen molar-refractivity contribution in [3.05, 3.63) is 24.0 Å². The maximum absolute atomic E-state index is 4.42. The number of nitrogens with zero attached hydrogens (tertiary/aromatic N) is 2. The van der Waals surface area contributed by atoms with Crippen molar-refractivity contribution in [2.45, 2.75) is 51.5 Å². The number of rotatable bonds is 3. The second-order valence-corrected chi connectivity index (χ2v) is 6.58. The first-order valence-electron chi connectivity index (χ1n) is 8.16. The van der Waals surface area contributed by atoms with Crippen molar-refractivity contribution in [1.29, 1.82) is 0 Å². The highest BCUT2D eigenvalue weighted by Crippen LogP contribution is 2.45. The third kappa shape index (κ3) is 2.98. The molecule has 0 amide bonds. The van der Waals surface area contributed by atoms with E-state index in [-0.39, 0.29) is 0 Å². The van der Waals surface area contributed by atoms with E-state index in [2.05, 4.69) is 27.3 Å². The molecule has 110 valence electrons. The Labute approximate surface area is 122 Å². The number of nitrogens with one attached hydrogen (secondary N) is 1. The van der Waals surface area contributed by atoms with Gasteiger partial charge in [-0.05, 0) is 50.3 Å². The minimum atomic E-state index is 0.690. The minimum Gasteiger partial charge on any atom is -0.371 e. The van der Waals surface area contributed by atoms with E-state index in [1.54, 1.807) is 0 Å². The van der Waals surface area contributed by atoms with E-state index in [0.717, 1.165) is 12.2 Å². The molecule has 1 aliphatic carbocycles. The zero-order chi connectivity index (χ0) is 13.8. The summed E-state index contributed by atoms with van der Waals surface area (Å²) in [6, 6.07) is 4.41. The minimum absolute atomic E-state index is 0.690. The van der Waals surface area contributed by atoms with Crippen LogP contribution in [0.25, 0.3) is 0 Å². The highest BCUT2D eigenvalue weighted by molar-refractivity contribution is 5.47. The molecule has 0 radical (unpaired) electrons. The lowest BCUT2D eigenvalue weighted by Gasteiger charge is -2.45. The number of anilines is 1. The van der Waals surface area contributed by atoms with Gasteiger partial charge in [-0.2, -0.15) is 0 Å². The predicted octanol–water partition coefficient (Wildman–Crippen LogP) is 3.35. The van der Waals surface area contributed by atoms with Crippen molar-refractivity contribution in [3.8, 4) is 0 Å². The Hall–Kier alpha value is -1.09. The summed E-state index contributed by atoms with van der Waals surface area (Å²) in [5, 5.41) is 3.18. The van der Waals surface area contributed by atoms with Crippen molar-refractivity contribution in [2.75, 3.05) is 25.0 Å². The van der Waals surface area contributed by atoms with Crippen LogP contribution in [0, 0.1) is 5.41 Å². The molecule has 0 unspecified atom stereocenters. The Balaban J connectivity index is 1.64. The van der Waals surface area contributed by atoms with Crippen LogP contribution in [0.4, 0.5) is 5.69 Å². The Morgan fingerprint density at radius 2 is 1.90 bits per heavy atom. The lowest BCUT2D eigenvalue weighted by atomic mass is 9.68. The van der Waals surface area contributed by atoms with Gasteiger partial charge in [-0.15, -0.1) is 0 Å². The van der Waals surface area contributed by atoms with E-state index < -0.39 is 0 Å². The van der Waals surface area contributed by atoms with Crippen LogP contribution in [0.1, 0.15) is 50.6 Å². The molecule has 2 fully saturated rings. The number of pyridine rings is 1. The van der Waals surface area contributed by atoms with Crippen molar-refractivity contribution in [2.24, 2.45) is 5.41 Å². The van der Waals surface area contributed by atoms with E-state index in [4.69, 9.17) is 0 Å². The van der Waals surface area contributed by atoms with Crippen molar-refractivity contribution in [3.63, 3.8) is 0 Å². The van der Waals surface area contributed by atoms with Crippen LogP contribution in [0.3, 0.4) is 0 Å². The zero-order valence-electron chi connectivity index (χ0n) is 12.7. The fraction of sp³-hybridized carbons (Fsp3) is 0.706. The molecule has 0 atom stereocenters. The number of hydrogen-bond donors (Lipinski definition) is 1. The highest BCUT2D eigenvalue weighted by atomic mass is 15.1. The molecule has 0 aromatic carbocycles. The Morgan fingerprint density at radius 1 is 1.15 bits per heavy atom. The lowest BCUT2D eigenvalue weighted by molar-refractivity contribution is 0.144. The molecule has 1 N–H and O–H groups in total. The van der Waals surface area contributed by atoms with Crippen LogP contribution in [-0.4, -0.2) is 25.1 Å². The SMILES string of the molecule is CNCc1cc(N2CCC3(CCCCC3)CC2)ccn1. The fourth-order valence-electron chi connectivity index (χ4n) is 3.98. The molecule has 1 aliphatic heterocycles. The summed E-state index contributed by atoms with van der Waals surface area (Å²) in [4.78, 5) is 6.97. The summed E-state index contributed by atoms with van der Waals surface area (Å²) in [5.74, 6) is 0. The fourth-order valence-corrected chi connectivity index (χ4v) is 3.98. The molecule has 1 aromatic heterocycles. The first-order valence-corrected chi connectivity index (χ1v) is 8.16. The summed E-state index contributed by atoms with van der Waals surface area (Å²) >= 11 is 0. The Kier molecular flexibility index (Phi) is 4.25. The molecule has 1 aromatic rings. The maximum atomic E-state index is 4.42. The van der Waals surface area contributed by atoms with Gasteiger partial charge in [-0.3, -0.25) is 4.98 Å². The molecular weight excluding hydrogens is 246 g/mol. The van der Waals surface area contributed by atoms with Crippen molar-refractivity contribution >= 4 is 5.69 Å². The summed E-state index contributed by atoms with van der Waals surface area (Å²) in [7, 11) is 1.97. The molecule has 2 aliphatic rings. The third-order valence-corrected chi connectivity index (χ3v) is 5.26. The van der Waals surface area contributed by atoms with Crippen LogP contribution >= 0.6 is 0 Å². The zero-order valence-corrected chi connectivity index (χ0v) is 12.7. The predicted molar refractivity (Wildman–Crippen MR) is 84.0 cm³/mol. The van der Waals surface area contributed by atoms with E-state index in [1.807, 2.05) is 13.2 Å². The molecule has 1 spiro atoms. The lowest BCUT2D eigenvalue weighted by Crippen LogP contribution is -2.41. The van der Waals surface area contributed by atoms with Gasteiger partial charge in [0.25, 0.3) is 0 Å². The van der Waals surface area contributed by atoms with Crippen LogP contribution in [0.5, 0.6) is 0 Å². The van der Waals surface area contributed by atoms with Crippen LogP contribution in [-0.2, 0) is 6.54 Å². The number of aromatic nitrogens is 1. The second-order valence-electron chi connectivity index (χ2n) is 6.58. The summed E-state index contributed by atoms with van der Waals surface area (Å²) < 4.78 is 0. The molecule has 3 heteroatoms. The summed E-state index contributed by atoms with van der Waals surface area (Å²) in [6.07, 6.45) is 12.1. The van der Waals surface area contributed by atoms with E-state index in [9.17, 15) is 0 Å². The Bertz CT molecular complexity index is 428. The summed E-state index contributed by atoms with van der Waals surface area (Å²) in [5.41, 5.74) is 3.19. The van der Waals surface area contributed by atoms with Gasteiger partial charge in [0.2, 0.25) is 0 Å². The van der Waals surface area contributed by atoms with Gasteiger partial charge >= 0.3 is 0 Å². The molecule has 2 heterocycles. The van der Waals surface area contributed by atoms with Gasteiger partial charge in [0.05, 0.1) is 5.69 Å². The third-order valence-electron chi connectivity index (χ3n) is 5.26. The van der Waals surface area contributed by atoms with Gasteiger partial charge in [0.1, 0.15) is 0 Å². The van der Waals surface area contributed by atoms with Gasteiger partial charge < -0.3 is 10.2 Å². The van der Waals surface area contributed by atoms with Crippen molar-refractivity contribution in [1.82, 2.24) is 10.3 Å². The molecule has 1 saturated carbocycles.